The second-order valence-corrected chi connectivity index (χ2v) is 3.48. The number of hydrogen-bond donors (Lipinski definition) is 1. The van der Waals surface area contributed by atoms with Crippen molar-refractivity contribution in [2.24, 2.45) is 0 Å². The van der Waals surface area contributed by atoms with Crippen LogP contribution in [-0.4, -0.2) is 16.9 Å². The Labute approximate surface area is 87.7 Å². The molecule has 0 saturated carbocycles. The zero-order chi connectivity index (χ0) is 10.7. The molecule has 0 aliphatic heterocycles. The summed E-state index contributed by atoms with van der Waals surface area (Å²) in [6.45, 7) is 0. The lowest BCUT2D eigenvalue weighted by Gasteiger charge is -1.99. The molecule has 0 heterocycles. The van der Waals surface area contributed by atoms with Crippen LogP contribution in [0.3, 0.4) is 0 Å². The van der Waals surface area contributed by atoms with E-state index < -0.39 is 24.0 Å². The van der Waals surface area contributed by atoms with Crippen molar-refractivity contribution in [1.82, 2.24) is 0 Å². The number of aliphatic carboxylic acids is 1. The van der Waals surface area contributed by atoms with E-state index in [1.807, 2.05) is 0 Å². The molecule has 5 heteroatoms. The van der Waals surface area contributed by atoms with E-state index in [9.17, 15) is 14.0 Å². The summed E-state index contributed by atoms with van der Waals surface area (Å²) in [6.07, 6.45) is -0.585. The lowest BCUT2D eigenvalue weighted by atomic mass is 10.1. The van der Waals surface area contributed by atoms with Gasteiger partial charge in [0.25, 0.3) is 0 Å². The van der Waals surface area contributed by atoms with Gasteiger partial charge in [0.05, 0.1) is 4.47 Å². The second-order valence-electron chi connectivity index (χ2n) is 2.62. The molecule has 1 rings (SSSR count). The fourth-order valence-corrected chi connectivity index (χ4v) is 1.29. The number of halogens is 2. The molecule has 0 amide bonds. The van der Waals surface area contributed by atoms with Crippen molar-refractivity contribution in [3.05, 3.63) is 34.1 Å². The molecule has 0 spiro atoms. The Morgan fingerprint density at radius 3 is 2.57 bits per heavy atom. The monoisotopic (exact) mass is 260 g/mol. The Bertz CT molecular complexity index is 390. The zero-order valence-electron chi connectivity index (χ0n) is 6.96. The van der Waals surface area contributed by atoms with E-state index in [4.69, 9.17) is 5.11 Å². The first-order chi connectivity index (χ1) is 6.50. The van der Waals surface area contributed by atoms with Gasteiger partial charge >= 0.3 is 5.97 Å². The maximum Gasteiger partial charge on any atom is 0.311 e. The highest BCUT2D eigenvalue weighted by molar-refractivity contribution is 9.10. The zero-order valence-corrected chi connectivity index (χ0v) is 8.54. The minimum atomic E-state index is -1.20. The van der Waals surface area contributed by atoms with Crippen molar-refractivity contribution in [2.45, 2.75) is 6.42 Å². The third kappa shape index (κ3) is 2.63. The molecule has 14 heavy (non-hydrogen) atoms. The van der Waals surface area contributed by atoms with Crippen LogP contribution in [0, 0.1) is 5.82 Å². The van der Waals surface area contributed by atoms with Crippen molar-refractivity contribution < 1.29 is 19.1 Å². The number of ketones is 1. The predicted octanol–water partition coefficient (Wildman–Crippen LogP) is 2.25. The van der Waals surface area contributed by atoms with Crippen molar-refractivity contribution in [2.75, 3.05) is 0 Å². The van der Waals surface area contributed by atoms with Crippen molar-refractivity contribution in [1.29, 1.82) is 0 Å². The lowest BCUT2D eigenvalue weighted by molar-refractivity contribution is -0.135. The lowest BCUT2D eigenvalue weighted by Crippen LogP contribution is -2.07. The minimum Gasteiger partial charge on any atom is -0.481 e. The molecule has 0 radical (unpaired) electrons. The van der Waals surface area contributed by atoms with Gasteiger partial charge in [-0.25, -0.2) is 4.39 Å². The third-order valence-electron chi connectivity index (χ3n) is 1.55. The average Bonchev–Trinajstić information content (AvgIpc) is 2.08. The highest BCUT2D eigenvalue weighted by Crippen LogP contribution is 2.17. The standard InChI is InChI=1S/C9H6BrFO3/c10-6-3-5(1-2-7(6)11)8(12)4-9(13)14/h1-3H,4H2,(H,13,14). The van der Waals surface area contributed by atoms with E-state index in [0.717, 1.165) is 6.07 Å². The minimum absolute atomic E-state index is 0.147. The number of carboxylic acid groups (broad SMARTS) is 1. The van der Waals surface area contributed by atoms with E-state index in [2.05, 4.69) is 15.9 Å². The predicted molar refractivity (Wildman–Crippen MR) is 50.7 cm³/mol. The molecule has 1 aromatic rings. The van der Waals surface area contributed by atoms with Crippen LogP contribution in [0.25, 0.3) is 0 Å². The average molecular weight is 261 g/mol. The number of carboxylic acids is 1. The number of carbonyl (C=O) groups excluding carboxylic acids is 1. The normalized spacial score (nSPS) is 9.86. The van der Waals surface area contributed by atoms with E-state index in [0.29, 0.717) is 0 Å². The van der Waals surface area contributed by atoms with Crippen molar-refractivity contribution in [3.8, 4) is 0 Å². The first kappa shape index (κ1) is 10.8. The quantitative estimate of drug-likeness (QED) is 0.670. The molecular formula is C9H6BrFO3. The van der Waals surface area contributed by atoms with Crippen LogP contribution >= 0.6 is 15.9 Å². The SMILES string of the molecule is O=C(O)CC(=O)c1ccc(F)c(Br)c1. The number of benzene rings is 1. The van der Waals surface area contributed by atoms with Gasteiger partial charge in [0, 0.05) is 5.56 Å². The molecule has 0 fully saturated rings. The maximum absolute atomic E-state index is 12.8. The molecule has 1 N–H and O–H groups in total. The van der Waals surface area contributed by atoms with Gasteiger partial charge in [0.2, 0.25) is 0 Å². The van der Waals surface area contributed by atoms with Crippen LogP contribution in [-0.2, 0) is 4.79 Å². The van der Waals surface area contributed by atoms with Crippen LogP contribution in [0.1, 0.15) is 16.8 Å². The van der Waals surface area contributed by atoms with E-state index >= 15 is 0 Å². The summed E-state index contributed by atoms with van der Waals surface area (Å²) in [5, 5.41) is 8.36. The van der Waals surface area contributed by atoms with Crippen LogP contribution in [0.5, 0.6) is 0 Å². The number of rotatable bonds is 3. The second kappa shape index (κ2) is 4.32. The molecule has 0 bridgehead atoms. The largest absolute Gasteiger partial charge is 0.481 e. The van der Waals surface area contributed by atoms with Gasteiger partial charge in [-0.15, -0.1) is 0 Å². The summed E-state index contributed by atoms with van der Waals surface area (Å²) in [4.78, 5) is 21.4. The van der Waals surface area contributed by atoms with Crippen LogP contribution in [0.4, 0.5) is 4.39 Å². The Kier molecular flexibility index (Phi) is 3.35. The fraction of sp³-hybridized carbons (Fsp3) is 0.111. The van der Waals surface area contributed by atoms with E-state index in [1.165, 1.54) is 12.1 Å². The van der Waals surface area contributed by atoms with Crippen LogP contribution < -0.4 is 0 Å². The fourth-order valence-electron chi connectivity index (χ4n) is 0.909. The van der Waals surface area contributed by atoms with E-state index in [-0.39, 0.29) is 10.0 Å². The summed E-state index contributed by atoms with van der Waals surface area (Å²) < 4.78 is 12.9. The summed E-state index contributed by atoms with van der Waals surface area (Å²) in [6, 6.07) is 3.63. The molecule has 3 nitrogen and oxygen atoms in total. The summed E-state index contributed by atoms with van der Waals surface area (Å²) in [7, 11) is 0. The smallest absolute Gasteiger partial charge is 0.311 e. The number of Topliss-reactive ketones (excluding diaryl/α,β-unsaturated/α-hetero) is 1. The van der Waals surface area contributed by atoms with Crippen LogP contribution in [0.2, 0.25) is 0 Å². The van der Waals surface area contributed by atoms with Gasteiger partial charge in [-0.2, -0.15) is 0 Å². The van der Waals surface area contributed by atoms with Crippen LogP contribution in [0.15, 0.2) is 22.7 Å². The third-order valence-corrected chi connectivity index (χ3v) is 2.16. The Morgan fingerprint density at radius 1 is 1.43 bits per heavy atom. The van der Waals surface area contributed by atoms with Gasteiger partial charge in [-0.05, 0) is 34.1 Å². The van der Waals surface area contributed by atoms with E-state index in [1.54, 1.807) is 0 Å². The highest BCUT2D eigenvalue weighted by atomic mass is 79.9. The molecule has 1 aromatic carbocycles. The Balaban J connectivity index is 2.91. The van der Waals surface area contributed by atoms with Gasteiger partial charge in [0.1, 0.15) is 12.2 Å². The van der Waals surface area contributed by atoms with Crippen molar-refractivity contribution >= 4 is 27.7 Å². The van der Waals surface area contributed by atoms with Gasteiger partial charge < -0.3 is 5.11 Å². The number of carbonyl (C=O) groups is 2. The molecular weight excluding hydrogens is 255 g/mol. The molecule has 0 saturated heterocycles. The maximum atomic E-state index is 12.8. The summed E-state index contributed by atoms with van der Waals surface area (Å²) in [5.41, 5.74) is 0.181. The Hall–Kier alpha value is -1.23. The highest BCUT2D eigenvalue weighted by Gasteiger charge is 2.11. The molecule has 0 aliphatic carbocycles. The molecule has 0 atom stereocenters. The summed E-state index contributed by atoms with van der Waals surface area (Å²) >= 11 is 2.91. The molecule has 0 aromatic heterocycles. The summed E-state index contributed by atoms with van der Waals surface area (Å²) in [5.74, 6) is -2.23. The van der Waals surface area contributed by atoms with Gasteiger partial charge in [-0.1, -0.05) is 0 Å². The molecule has 0 aliphatic rings. The van der Waals surface area contributed by atoms with Gasteiger partial charge in [0.15, 0.2) is 5.78 Å². The Morgan fingerprint density at radius 2 is 2.07 bits per heavy atom. The first-order valence-electron chi connectivity index (χ1n) is 3.70. The molecule has 0 unspecified atom stereocenters. The molecule has 74 valence electrons. The topological polar surface area (TPSA) is 54.4 Å². The number of hydrogen-bond acceptors (Lipinski definition) is 2. The van der Waals surface area contributed by atoms with Gasteiger partial charge in [-0.3, -0.25) is 9.59 Å². The first-order valence-corrected chi connectivity index (χ1v) is 4.50. The van der Waals surface area contributed by atoms with Crippen molar-refractivity contribution in [3.63, 3.8) is 0 Å².